The van der Waals surface area contributed by atoms with Gasteiger partial charge in [0.1, 0.15) is 22.3 Å². The van der Waals surface area contributed by atoms with Gasteiger partial charge in [-0.15, -0.1) is 0 Å². The molecule has 0 atom stereocenters. The maximum atomic E-state index is 6.87. The summed E-state index contributed by atoms with van der Waals surface area (Å²) in [6.45, 7) is 0. The van der Waals surface area contributed by atoms with Crippen molar-refractivity contribution in [3.05, 3.63) is 146 Å². The lowest BCUT2D eigenvalue weighted by atomic mass is 10.0. The Bertz CT molecular complexity index is 3710. The molecule has 0 radical (unpaired) electrons. The highest BCUT2D eigenvalue weighted by Gasteiger charge is 2.23. The quantitative estimate of drug-likeness (QED) is 0.104. The lowest BCUT2D eigenvalue weighted by molar-refractivity contribution is 0.355. The predicted molar refractivity (Wildman–Crippen MR) is 278 cm³/mol. The molecule has 0 saturated heterocycles. The summed E-state index contributed by atoms with van der Waals surface area (Å²) in [5, 5.41) is 8.00. The first kappa shape index (κ1) is 43.7. The molecule has 0 fully saturated rings. The summed E-state index contributed by atoms with van der Waals surface area (Å²) in [7, 11) is 13.0. The van der Waals surface area contributed by atoms with Crippen molar-refractivity contribution in [2.75, 3.05) is 66.7 Å². The highest BCUT2D eigenvalue weighted by atomic mass is 16.5. The van der Waals surface area contributed by atoms with Crippen LogP contribution in [0.25, 0.3) is 65.4 Å². The van der Waals surface area contributed by atoms with Gasteiger partial charge in [-0.1, -0.05) is 12.1 Å². The molecule has 9 aromatic carbocycles. The van der Waals surface area contributed by atoms with E-state index in [1.54, 1.807) is 56.9 Å². The van der Waals surface area contributed by atoms with Gasteiger partial charge in [-0.25, -0.2) is 0 Å². The van der Waals surface area contributed by atoms with Crippen molar-refractivity contribution in [1.29, 1.82) is 0 Å². The lowest BCUT2D eigenvalue weighted by Crippen LogP contribution is -2.10. The molecule has 2 aromatic heterocycles. The number of fused-ring (bicyclic) bond motifs is 9. The molecule has 70 heavy (non-hydrogen) atoms. The summed E-state index contributed by atoms with van der Waals surface area (Å²) >= 11 is 0. The minimum atomic E-state index is 0.605. The molecule has 0 unspecified atom stereocenters. The number of furan rings is 2. The largest absolute Gasteiger partial charge is 0.493 e. The van der Waals surface area contributed by atoms with Crippen molar-refractivity contribution < 1.29 is 46.7 Å². The van der Waals surface area contributed by atoms with Crippen LogP contribution in [0.4, 0.5) is 34.1 Å². The average Bonchev–Trinajstić information content (AvgIpc) is 3.96. The molecule has 0 aliphatic carbocycles. The van der Waals surface area contributed by atoms with E-state index >= 15 is 0 Å². The Labute approximate surface area is 403 Å². The van der Waals surface area contributed by atoms with Gasteiger partial charge in [-0.05, 0) is 131 Å². The van der Waals surface area contributed by atoms with Crippen LogP contribution >= 0.6 is 0 Å². The second-order valence-electron chi connectivity index (χ2n) is 16.6. The summed E-state index contributed by atoms with van der Waals surface area (Å²) in [5.41, 5.74) is 8.28. The fraction of sp³-hybridized carbons (Fsp3) is 0.138. The number of methoxy groups -OCH3 is 8. The third-order valence-corrected chi connectivity index (χ3v) is 13.0. The smallest absolute Gasteiger partial charge is 0.162 e. The highest BCUT2D eigenvalue weighted by Crippen LogP contribution is 2.47. The zero-order valence-electron chi connectivity index (χ0n) is 39.8. The van der Waals surface area contributed by atoms with E-state index in [0.717, 1.165) is 99.5 Å². The van der Waals surface area contributed by atoms with Crippen LogP contribution in [-0.4, -0.2) is 56.9 Å². The van der Waals surface area contributed by atoms with E-state index < -0.39 is 0 Å². The van der Waals surface area contributed by atoms with Gasteiger partial charge in [-0.3, -0.25) is 0 Å². The molecule has 0 saturated carbocycles. The van der Waals surface area contributed by atoms with Crippen molar-refractivity contribution in [3.8, 4) is 46.0 Å². The molecule has 12 nitrogen and oxygen atoms in total. The standard InChI is InChI=1S/C58H48N2O10/c1-61-46-18-13-39(29-53(46)65-5)59(40-14-19-47(62-2)54(30-40)66-6)37-11-9-33-25-44-43-17-22-50-57(58(43)70-51(44)27-35(33)23-37)45-26-34-10-12-38(24-36(34)28-52(45)69-50)60(41-15-20-48(63-3)55(31-41)67-7)42-16-21-49(64-4)56(32-42)68-8/h9-32H,1-8H3. The number of hydrogen-bond donors (Lipinski definition) is 0. The van der Waals surface area contributed by atoms with Crippen molar-refractivity contribution in [3.63, 3.8) is 0 Å². The topological polar surface area (TPSA) is 107 Å². The van der Waals surface area contributed by atoms with Crippen LogP contribution < -0.4 is 47.7 Å². The number of rotatable bonds is 14. The Morgan fingerprint density at radius 2 is 0.629 bits per heavy atom. The fourth-order valence-electron chi connectivity index (χ4n) is 9.58. The molecule has 0 amide bonds. The van der Waals surface area contributed by atoms with Gasteiger partial charge >= 0.3 is 0 Å². The number of nitrogens with zero attached hydrogens (tertiary/aromatic N) is 2. The Morgan fingerprint density at radius 1 is 0.271 bits per heavy atom. The first-order valence-corrected chi connectivity index (χ1v) is 22.5. The van der Waals surface area contributed by atoms with E-state index in [9.17, 15) is 0 Å². The number of benzene rings is 9. The third kappa shape index (κ3) is 7.23. The van der Waals surface area contributed by atoms with Gasteiger partial charge < -0.3 is 56.5 Å². The normalized spacial score (nSPS) is 11.4. The first-order valence-electron chi connectivity index (χ1n) is 22.5. The molecule has 0 aliphatic rings. The molecule has 11 aromatic rings. The molecule has 0 spiro atoms. The van der Waals surface area contributed by atoms with Crippen LogP contribution in [0.1, 0.15) is 0 Å². The van der Waals surface area contributed by atoms with Gasteiger partial charge in [0.2, 0.25) is 0 Å². The van der Waals surface area contributed by atoms with Gasteiger partial charge in [0.05, 0.1) is 85.0 Å². The molecule has 350 valence electrons. The molecule has 0 aliphatic heterocycles. The van der Waals surface area contributed by atoms with E-state index in [1.807, 2.05) is 78.9 Å². The van der Waals surface area contributed by atoms with Crippen LogP contribution in [0.3, 0.4) is 0 Å². The van der Waals surface area contributed by atoms with Crippen molar-refractivity contribution in [2.24, 2.45) is 0 Å². The van der Waals surface area contributed by atoms with Crippen LogP contribution in [0, 0.1) is 0 Å². The average molecular weight is 933 g/mol. The number of hydrogen-bond acceptors (Lipinski definition) is 12. The Hall–Kier alpha value is -8.90. The summed E-state index contributed by atoms with van der Waals surface area (Å²) in [6, 6.07) is 49.0. The Morgan fingerprint density at radius 3 is 1.03 bits per heavy atom. The van der Waals surface area contributed by atoms with Crippen molar-refractivity contribution in [1.82, 2.24) is 0 Å². The van der Waals surface area contributed by atoms with Gasteiger partial charge in [0.25, 0.3) is 0 Å². The Balaban J connectivity index is 1.02. The SMILES string of the molecule is COc1ccc(N(c2ccc(OC)c(OC)c2)c2ccc3cc4c(cc3c2)oc2c4ccc3oc4cc5cc(N(c6ccc(OC)c(OC)c6)c6ccc(OC)c(OC)c6)ccc5cc4c32)cc1OC. The van der Waals surface area contributed by atoms with Crippen LogP contribution in [0.5, 0.6) is 46.0 Å². The zero-order chi connectivity index (χ0) is 48.2. The third-order valence-electron chi connectivity index (χ3n) is 13.0. The molecule has 12 heteroatoms. The van der Waals surface area contributed by atoms with Crippen molar-refractivity contribution in [2.45, 2.75) is 0 Å². The summed E-state index contributed by atoms with van der Waals surface area (Å²) in [5.74, 6) is 4.95. The van der Waals surface area contributed by atoms with Crippen molar-refractivity contribution >= 4 is 99.5 Å². The maximum absolute atomic E-state index is 6.87. The first-order chi connectivity index (χ1) is 34.3. The van der Waals surface area contributed by atoms with E-state index in [0.29, 0.717) is 46.0 Å². The molecule has 0 N–H and O–H groups in total. The van der Waals surface area contributed by atoms with E-state index in [4.69, 9.17) is 46.7 Å². The van der Waals surface area contributed by atoms with E-state index in [1.165, 1.54) is 0 Å². The van der Waals surface area contributed by atoms with E-state index in [-0.39, 0.29) is 0 Å². The van der Waals surface area contributed by atoms with Crippen LogP contribution in [0.2, 0.25) is 0 Å². The minimum Gasteiger partial charge on any atom is -0.493 e. The Kier molecular flexibility index (Phi) is 11.0. The van der Waals surface area contributed by atoms with Gasteiger partial charge in [0.15, 0.2) is 46.0 Å². The van der Waals surface area contributed by atoms with Gasteiger partial charge in [0, 0.05) is 51.8 Å². The van der Waals surface area contributed by atoms with Crippen LogP contribution in [-0.2, 0) is 0 Å². The summed E-state index contributed by atoms with van der Waals surface area (Å²) in [4.78, 5) is 4.28. The highest BCUT2D eigenvalue weighted by molar-refractivity contribution is 6.24. The predicted octanol–water partition coefficient (Wildman–Crippen LogP) is 14.8. The number of ether oxygens (including phenoxy) is 8. The lowest BCUT2D eigenvalue weighted by Gasteiger charge is -2.27. The molecule has 0 bridgehead atoms. The molecule has 2 heterocycles. The number of anilines is 6. The summed E-state index contributed by atoms with van der Waals surface area (Å²) in [6.07, 6.45) is 0. The summed E-state index contributed by atoms with van der Waals surface area (Å²) < 4.78 is 58.8. The zero-order valence-corrected chi connectivity index (χ0v) is 39.8. The maximum Gasteiger partial charge on any atom is 0.162 e. The fourth-order valence-corrected chi connectivity index (χ4v) is 9.58. The molecule has 11 rings (SSSR count). The van der Waals surface area contributed by atoms with Gasteiger partial charge in [-0.2, -0.15) is 0 Å². The second-order valence-corrected chi connectivity index (χ2v) is 16.6. The molecular formula is C58H48N2O10. The second kappa shape index (κ2) is 17.6. The van der Waals surface area contributed by atoms with E-state index in [2.05, 4.69) is 76.5 Å². The molecular weight excluding hydrogens is 885 g/mol. The minimum absolute atomic E-state index is 0.605. The monoisotopic (exact) mass is 932 g/mol. The van der Waals surface area contributed by atoms with Crippen LogP contribution in [0.15, 0.2) is 154 Å².